The Balaban J connectivity index is 2.12. The van der Waals surface area contributed by atoms with E-state index >= 15 is 0 Å². The number of ether oxygens (including phenoxy) is 1. The Morgan fingerprint density at radius 3 is 2.65 bits per heavy atom. The third-order valence-electron chi connectivity index (χ3n) is 3.29. The van der Waals surface area contributed by atoms with E-state index in [2.05, 4.69) is 4.98 Å². The Hall–Kier alpha value is -1.93. The lowest BCUT2D eigenvalue weighted by Gasteiger charge is -2.35. The van der Waals surface area contributed by atoms with E-state index in [0.717, 1.165) is 6.07 Å². The van der Waals surface area contributed by atoms with Crippen molar-refractivity contribution in [3.05, 3.63) is 32.6 Å². The van der Waals surface area contributed by atoms with Gasteiger partial charge >= 0.3 is 5.69 Å². The van der Waals surface area contributed by atoms with Gasteiger partial charge in [0.15, 0.2) is 0 Å². The largest absolute Gasteiger partial charge is 0.388 e. The Labute approximate surface area is 114 Å². The number of hydrogen-bond donors (Lipinski definition) is 3. The van der Waals surface area contributed by atoms with Crippen molar-refractivity contribution >= 4 is 5.91 Å². The zero-order valence-corrected chi connectivity index (χ0v) is 11.1. The summed E-state index contributed by atoms with van der Waals surface area (Å²) >= 11 is 0. The molecule has 0 spiro atoms. The number of aromatic nitrogens is 2. The number of hydrogen-bond acceptors (Lipinski definition) is 5. The minimum absolute atomic E-state index is 0.100. The molecule has 2 heterocycles. The van der Waals surface area contributed by atoms with Crippen LogP contribution in [-0.4, -0.2) is 58.3 Å². The van der Waals surface area contributed by atoms with Crippen molar-refractivity contribution in [1.29, 1.82) is 0 Å². The molecular weight excluding hydrogens is 266 g/mol. The van der Waals surface area contributed by atoms with Crippen LogP contribution >= 0.6 is 0 Å². The molecule has 8 nitrogen and oxygen atoms in total. The molecule has 8 heteroatoms. The quantitative estimate of drug-likeness (QED) is 0.636. The van der Waals surface area contributed by atoms with Crippen molar-refractivity contribution in [2.75, 3.05) is 26.8 Å². The van der Waals surface area contributed by atoms with Crippen LogP contribution in [0.4, 0.5) is 0 Å². The van der Waals surface area contributed by atoms with Crippen LogP contribution in [0, 0.1) is 0 Å². The van der Waals surface area contributed by atoms with E-state index in [-0.39, 0.29) is 12.2 Å². The van der Waals surface area contributed by atoms with Crippen LogP contribution in [0.25, 0.3) is 0 Å². The molecule has 1 amide bonds. The number of carbonyl (C=O) groups is 1. The summed E-state index contributed by atoms with van der Waals surface area (Å²) in [6, 6.07) is 1.02. The highest BCUT2D eigenvalue weighted by molar-refractivity contribution is 5.91. The van der Waals surface area contributed by atoms with Gasteiger partial charge in [-0.1, -0.05) is 0 Å². The van der Waals surface area contributed by atoms with Crippen LogP contribution < -0.4 is 11.2 Å². The maximum atomic E-state index is 12.1. The van der Waals surface area contributed by atoms with E-state index in [4.69, 9.17) is 4.74 Å². The molecule has 1 saturated heterocycles. The van der Waals surface area contributed by atoms with Crippen molar-refractivity contribution in [3.63, 3.8) is 0 Å². The normalized spacial score (nSPS) is 17.7. The molecule has 110 valence electrons. The molecular formula is C12H17N3O5. The number of nitrogens with one attached hydrogen (secondary N) is 2. The Bertz CT molecular complexity index is 571. The van der Waals surface area contributed by atoms with E-state index < -0.39 is 22.8 Å². The summed E-state index contributed by atoms with van der Waals surface area (Å²) in [5, 5.41) is 10.3. The maximum absolute atomic E-state index is 12.1. The van der Waals surface area contributed by atoms with Gasteiger partial charge in [0.2, 0.25) is 0 Å². The van der Waals surface area contributed by atoms with Crippen LogP contribution in [-0.2, 0) is 4.74 Å². The first kappa shape index (κ1) is 14.5. The van der Waals surface area contributed by atoms with Crippen LogP contribution in [0.5, 0.6) is 0 Å². The van der Waals surface area contributed by atoms with E-state index in [1.54, 1.807) is 0 Å². The summed E-state index contributed by atoms with van der Waals surface area (Å²) in [7, 11) is 1.51. The van der Waals surface area contributed by atoms with Crippen LogP contribution in [0.1, 0.15) is 23.3 Å². The van der Waals surface area contributed by atoms with Gasteiger partial charge in [0.1, 0.15) is 5.69 Å². The van der Waals surface area contributed by atoms with Gasteiger partial charge in [-0.3, -0.25) is 14.6 Å². The van der Waals surface area contributed by atoms with Gasteiger partial charge in [-0.05, 0) is 0 Å². The number of rotatable bonds is 3. The number of likely N-dealkylation sites (N-methyl/N-ethyl adjacent to an activating group) is 1. The number of H-pyrrole nitrogens is 2. The predicted molar refractivity (Wildman–Crippen MR) is 69.6 cm³/mol. The highest BCUT2D eigenvalue weighted by atomic mass is 16.5. The average Bonchev–Trinajstić information content (AvgIpc) is 2.37. The smallest absolute Gasteiger partial charge is 0.326 e. The van der Waals surface area contributed by atoms with Crippen molar-refractivity contribution in [2.45, 2.75) is 18.4 Å². The summed E-state index contributed by atoms with van der Waals surface area (Å²) < 4.78 is 5.17. The molecule has 1 aliphatic rings. The second kappa shape index (κ2) is 5.59. The third kappa shape index (κ3) is 3.34. The monoisotopic (exact) mass is 283 g/mol. The minimum atomic E-state index is -0.996. The van der Waals surface area contributed by atoms with Gasteiger partial charge in [-0.25, -0.2) is 4.79 Å². The minimum Gasteiger partial charge on any atom is -0.388 e. The van der Waals surface area contributed by atoms with Crippen molar-refractivity contribution in [1.82, 2.24) is 14.9 Å². The van der Waals surface area contributed by atoms with E-state index in [0.29, 0.717) is 26.1 Å². The van der Waals surface area contributed by atoms with Gasteiger partial charge in [-0.2, -0.15) is 0 Å². The fourth-order valence-corrected chi connectivity index (χ4v) is 2.21. The lowest BCUT2D eigenvalue weighted by molar-refractivity contribution is -0.0734. The van der Waals surface area contributed by atoms with Crippen LogP contribution in [0.2, 0.25) is 0 Å². The molecule has 0 aliphatic carbocycles. The molecule has 0 atom stereocenters. The summed E-state index contributed by atoms with van der Waals surface area (Å²) in [5.74, 6) is -0.520. The first-order chi connectivity index (χ1) is 9.39. The summed E-state index contributed by atoms with van der Waals surface area (Å²) in [5.41, 5.74) is -2.48. The summed E-state index contributed by atoms with van der Waals surface area (Å²) in [4.78, 5) is 40.0. The zero-order valence-electron chi connectivity index (χ0n) is 11.1. The highest BCUT2D eigenvalue weighted by Gasteiger charge is 2.32. The predicted octanol–water partition coefficient (Wildman–Crippen LogP) is -1.32. The molecule has 20 heavy (non-hydrogen) atoms. The van der Waals surface area contributed by atoms with Crippen molar-refractivity contribution in [2.24, 2.45) is 0 Å². The number of nitrogens with zero attached hydrogens (tertiary/aromatic N) is 1. The second-order valence-corrected chi connectivity index (χ2v) is 5.00. The number of amides is 1. The topological polar surface area (TPSA) is 115 Å². The standard InChI is InChI=1S/C12H17N3O5/c1-15(7-12(19)2-4-20-5-3-12)10(17)8-6-9(16)14-11(18)13-8/h6,19H,2-5,7H2,1H3,(H2,13,14,16,18). The van der Waals surface area contributed by atoms with E-state index in [9.17, 15) is 19.5 Å². The van der Waals surface area contributed by atoms with Gasteiger partial charge in [0, 0.05) is 45.7 Å². The molecule has 0 radical (unpaired) electrons. The lowest BCUT2D eigenvalue weighted by atomic mass is 9.94. The first-order valence-corrected chi connectivity index (χ1v) is 6.29. The van der Waals surface area contributed by atoms with Gasteiger partial charge in [0.05, 0.1) is 5.60 Å². The Morgan fingerprint density at radius 1 is 1.40 bits per heavy atom. The Morgan fingerprint density at radius 2 is 2.05 bits per heavy atom. The Kier molecular flexibility index (Phi) is 4.05. The van der Waals surface area contributed by atoms with Crippen molar-refractivity contribution < 1.29 is 14.6 Å². The van der Waals surface area contributed by atoms with E-state index in [1.165, 1.54) is 11.9 Å². The van der Waals surface area contributed by atoms with Gasteiger partial charge in [-0.15, -0.1) is 0 Å². The molecule has 1 aliphatic heterocycles. The number of aliphatic hydroxyl groups is 1. The lowest BCUT2D eigenvalue weighted by Crippen LogP contribution is -2.47. The second-order valence-electron chi connectivity index (χ2n) is 5.00. The first-order valence-electron chi connectivity index (χ1n) is 6.29. The average molecular weight is 283 g/mol. The van der Waals surface area contributed by atoms with Crippen molar-refractivity contribution in [3.8, 4) is 0 Å². The SMILES string of the molecule is CN(CC1(O)CCOCC1)C(=O)c1cc(=O)[nH]c(=O)[nH]1. The molecule has 1 aromatic rings. The molecule has 3 N–H and O–H groups in total. The summed E-state index contributed by atoms with van der Waals surface area (Å²) in [6.07, 6.45) is 0.882. The van der Waals surface area contributed by atoms with Gasteiger partial charge in [0.25, 0.3) is 11.5 Å². The third-order valence-corrected chi connectivity index (χ3v) is 3.29. The zero-order chi connectivity index (χ0) is 14.8. The van der Waals surface area contributed by atoms with Crippen LogP contribution in [0.3, 0.4) is 0 Å². The number of carbonyl (C=O) groups excluding carboxylic acids is 1. The van der Waals surface area contributed by atoms with Crippen LogP contribution in [0.15, 0.2) is 15.7 Å². The molecule has 2 rings (SSSR count). The molecule has 0 aromatic carbocycles. The molecule has 0 unspecified atom stereocenters. The maximum Gasteiger partial charge on any atom is 0.326 e. The molecule has 0 bridgehead atoms. The molecule has 1 aromatic heterocycles. The number of aromatic amines is 2. The fraction of sp³-hybridized carbons (Fsp3) is 0.583. The van der Waals surface area contributed by atoms with E-state index in [1.807, 2.05) is 4.98 Å². The summed E-state index contributed by atoms with van der Waals surface area (Å²) in [6.45, 7) is 1.00. The van der Waals surface area contributed by atoms with Gasteiger partial charge < -0.3 is 19.7 Å². The highest BCUT2D eigenvalue weighted by Crippen LogP contribution is 2.21. The fourth-order valence-electron chi connectivity index (χ4n) is 2.21. The molecule has 1 fully saturated rings. The molecule has 0 saturated carbocycles.